The lowest BCUT2D eigenvalue weighted by molar-refractivity contribution is -0.141. The van der Waals surface area contributed by atoms with Gasteiger partial charge in [0.15, 0.2) is 0 Å². The molecule has 8 heteroatoms. The van der Waals surface area contributed by atoms with Crippen LogP contribution in [-0.4, -0.2) is 28.1 Å². The van der Waals surface area contributed by atoms with Crippen LogP contribution in [0.3, 0.4) is 0 Å². The van der Waals surface area contributed by atoms with E-state index in [9.17, 15) is 23.1 Å². The number of nitrogens with zero attached hydrogens (tertiary/aromatic N) is 1. The van der Waals surface area contributed by atoms with Gasteiger partial charge in [-0.25, -0.2) is 4.98 Å². The number of carbonyl (C=O) groups is 1. The average molecular weight is 291 g/mol. The van der Waals surface area contributed by atoms with Crippen molar-refractivity contribution in [1.29, 1.82) is 0 Å². The third kappa shape index (κ3) is 3.60. The molecule has 0 radical (unpaired) electrons. The fraction of sp³-hybridized carbons (Fsp3) is 0.500. The van der Waals surface area contributed by atoms with E-state index in [-0.39, 0.29) is 18.0 Å². The first kappa shape index (κ1) is 16.2. The number of carbonyl (C=O) groups excluding carboxylic acids is 1. The van der Waals surface area contributed by atoms with Crippen LogP contribution < -0.4 is 11.1 Å². The minimum Gasteiger partial charge on any atom is -0.394 e. The van der Waals surface area contributed by atoms with Gasteiger partial charge < -0.3 is 16.2 Å². The molecule has 1 atom stereocenters. The molecule has 0 spiro atoms. The molecule has 112 valence electrons. The Morgan fingerprint density at radius 1 is 1.45 bits per heavy atom. The molecule has 0 saturated carbocycles. The van der Waals surface area contributed by atoms with Gasteiger partial charge in [-0.05, 0) is 25.5 Å². The van der Waals surface area contributed by atoms with E-state index in [1.807, 2.05) is 0 Å². The topological polar surface area (TPSA) is 88.2 Å². The predicted octanol–water partition coefficient (Wildman–Crippen LogP) is 1.77. The molecular formula is C12H16F3N3O2. The molecule has 0 fully saturated rings. The van der Waals surface area contributed by atoms with Crippen molar-refractivity contribution in [1.82, 2.24) is 4.98 Å². The van der Waals surface area contributed by atoms with E-state index >= 15 is 0 Å². The quantitative estimate of drug-likeness (QED) is 0.771. The highest BCUT2D eigenvalue weighted by Gasteiger charge is 2.34. The fourth-order valence-corrected chi connectivity index (χ4v) is 1.44. The molecule has 0 bridgehead atoms. The van der Waals surface area contributed by atoms with Crippen LogP contribution in [0.25, 0.3) is 0 Å². The molecule has 5 nitrogen and oxygen atoms in total. The van der Waals surface area contributed by atoms with Crippen LogP contribution >= 0.6 is 0 Å². The van der Waals surface area contributed by atoms with Gasteiger partial charge in [-0.2, -0.15) is 13.2 Å². The van der Waals surface area contributed by atoms with Gasteiger partial charge in [-0.1, -0.05) is 6.92 Å². The zero-order valence-electron chi connectivity index (χ0n) is 11.1. The molecule has 1 aromatic heterocycles. The van der Waals surface area contributed by atoms with Crippen LogP contribution in [0.15, 0.2) is 12.1 Å². The number of nitrogens with two attached hydrogens (primary N) is 1. The van der Waals surface area contributed by atoms with Gasteiger partial charge in [0.2, 0.25) is 0 Å². The highest BCUT2D eigenvalue weighted by Crippen LogP contribution is 2.30. The van der Waals surface area contributed by atoms with E-state index in [0.29, 0.717) is 12.5 Å². The average Bonchev–Trinajstić information content (AvgIpc) is 2.37. The Bertz CT molecular complexity index is 499. The summed E-state index contributed by atoms with van der Waals surface area (Å²) in [7, 11) is 0. The predicted molar refractivity (Wildman–Crippen MR) is 67.2 cm³/mol. The van der Waals surface area contributed by atoms with Gasteiger partial charge in [-0.15, -0.1) is 0 Å². The number of aliphatic hydroxyl groups is 1. The van der Waals surface area contributed by atoms with E-state index in [2.05, 4.69) is 10.3 Å². The highest BCUT2D eigenvalue weighted by molar-refractivity contribution is 5.97. The Morgan fingerprint density at radius 2 is 2.05 bits per heavy atom. The summed E-state index contributed by atoms with van der Waals surface area (Å²) in [5.41, 5.74) is 2.91. The Balaban J connectivity index is 3.29. The molecule has 1 aromatic rings. The number of hydrogen-bond acceptors (Lipinski definition) is 4. The van der Waals surface area contributed by atoms with Crippen LogP contribution in [-0.2, 0) is 6.18 Å². The zero-order valence-corrected chi connectivity index (χ0v) is 11.1. The summed E-state index contributed by atoms with van der Waals surface area (Å²) >= 11 is 0. The van der Waals surface area contributed by atoms with Crippen LogP contribution in [0.5, 0.6) is 0 Å². The molecular weight excluding hydrogens is 275 g/mol. The highest BCUT2D eigenvalue weighted by atomic mass is 19.4. The van der Waals surface area contributed by atoms with Crippen molar-refractivity contribution in [3.63, 3.8) is 0 Å². The van der Waals surface area contributed by atoms with Gasteiger partial charge in [0.05, 0.1) is 17.7 Å². The van der Waals surface area contributed by atoms with Crippen molar-refractivity contribution in [3.8, 4) is 0 Å². The first-order valence-electron chi connectivity index (χ1n) is 5.90. The summed E-state index contributed by atoms with van der Waals surface area (Å²) in [4.78, 5) is 14.6. The monoisotopic (exact) mass is 291 g/mol. The summed E-state index contributed by atoms with van der Waals surface area (Å²) in [5.74, 6) is -1.18. The van der Waals surface area contributed by atoms with E-state index in [1.54, 1.807) is 13.8 Å². The number of amides is 1. The van der Waals surface area contributed by atoms with Crippen LogP contribution in [0.4, 0.5) is 19.0 Å². The summed E-state index contributed by atoms with van der Waals surface area (Å²) in [6.07, 6.45) is -4.21. The van der Waals surface area contributed by atoms with Crippen molar-refractivity contribution in [3.05, 3.63) is 23.4 Å². The van der Waals surface area contributed by atoms with E-state index in [1.165, 1.54) is 0 Å². The van der Waals surface area contributed by atoms with Crippen molar-refractivity contribution < 1.29 is 23.1 Å². The molecule has 20 heavy (non-hydrogen) atoms. The second-order valence-electron chi connectivity index (χ2n) is 4.65. The number of alkyl halides is 3. The number of aliphatic hydroxyl groups excluding tert-OH is 1. The third-order valence-electron chi connectivity index (χ3n) is 3.00. The van der Waals surface area contributed by atoms with E-state index in [4.69, 9.17) is 5.73 Å². The minimum atomic E-state index is -4.63. The Kier molecular flexibility index (Phi) is 4.59. The van der Waals surface area contributed by atoms with Gasteiger partial charge in [0.25, 0.3) is 5.91 Å². The van der Waals surface area contributed by atoms with Crippen LogP contribution in [0, 0.1) is 0 Å². The molecule has 0 aliphatic rings. The molecule has 4 N–H and O–H groups in total. The maximum atomic E-state index is 12.6. The Hall–Kier alpha value is -1.83. The zero-order chi connectivity index (χ0) is 15.6. The van der Waals surface area contributed by atoms with Crippen molar-refractivity contribution in [2.45, 2.75) is 32.0 Å². The maximum absolute atomic E-state index is 12.6. The largest absolute Gasteiger partial charge is 0.433 e. The lowest BCUT2D eigenvalue weighted by atomic mass is 10.00. The fourth-order valence-electron chi connectivity index (χ4n) is 1.44. The number of hydrogen-bond donors (Lipinski definition) is 3. The van der Waals surface area contributed by atoms with E-state index < -0.39 is 23.3 Å². The van der Waals surface area contributed by atoms with Crippen molar-refractivity contribution in [2.75, 3.05) is 11.9 Å². The SMILES string of the molecule is CCC(C)(CO)Nc1nc(C(F)(F)F)ccc1C(N)=O. The van der Waals surface area contributed by atoms with Crippen molar-refractivity contribution in [2.24, 2.45) is 5.73 Å². The molecule has 0 aliphatic carbocycles. The number of pyridine rings is 1. The molecule has 0 saturated heterocycles. The lowest BCUT2D eigenvalue weighted by Crippen LogP contribution is -2.39. The second-order valence-corrected chi connectivity index (χ2v) is 4.65. The number of primary amides is 1. The molecule has 0 aromatic carbocycles. The van der Waals surface area contributed by atoms with Gasteiger partial charge in [0.1, 0.15) is 11.5 Å². The van der Waals surface area contributed by atoms with E-state index in [0.717, 1.165) is 6.07 Å². The maximum Gasteiger partial charge on any atom is 0.433 e. The number of nitrogens with one attached hydrogen (secondary N) is 1. The van der Waals surface area contributed by atoms with Gasteiger partial charge >= 0.3 is 6.18 Å². The Labute approximate surface area is 114 Å². The number of aromatic nitrogens is 1. The summed E-state index contributed by atoms with van der Waals surface area (Å²) in [5, 5.41) is 11.9. The molecule has 1 unspecified atom stereocenters. The standard InChI is InChI=1S/C12H16F3N3O2/c1-3-11(2,6-19)18-10-7(9(16)20)4-5-8(17-10)12(13,14)15/h4-5,19H,3,6H2,1-2H3,(H2,16,20)(H,17,18). The van der Waals surface area contributed by atoms with Gasteiger partial charge in [0, 0.05) is 0 Å². The smallest absolute Gasteiger partial charge is 0.394 e. The third-order valence-corrected chi connectivity index (χ3v) is 3.00. The summed E-state index contributed by atoms with van der Waals surface area (Å²) < 4.78 is 37.9. The first-order valence-corrected chi connectivity index (χ1v) is 5.90. The first-order chi connectivity index (χ1) is 9.13. The second kappa shape index (κ2) is 5.66. The number of anilines is 1. The van der Waals surface area contributed by atoms with Crippen LogP contribution in [0.2, 0.25) is 0 Å². The minimum absolute atomic E-state index is 0.161. The summed E-state index contributed by atoms with van der Waals surface area (Å²) in [6.45, 7) is 3.00. The van der Waals surface area contributed by atoms with Gasteiger partial charge in [-0.3, -0.25) is 4.79 Å². The Morgan fingerprint density at radius 3 is 2.45 bits per heavy atom. The van der Waals surface area contributed by atoms with Crippen LogP contribution in [0.1, 0.15) is 36.3 Å². The summed E-state index contributed by atoms with van der Waals surface area (Å²) in [6, 6.07) is 1.65. The normalized spacial score (nSPS) is 14.7. The molecule has 0 aliphatic heterocycles. The number of halogens is 3. The lowest BCUT2D eigenvalue weighted by Gasteiger charge is -2.28. The molecule has 1 amide bonds. The number of rotatable bonds is 5. The molecule has 1 rings (SSSR count). The van der Waals surface area contributed by atoms with Crippen molar-refractivity contribution >= 4 is 11.7 Å². The molecule has 1 heterocycles.